The van der Waals surface area contributed by atoms with Crippen LogP contribution in [0.25, 0.3) is 5.52 Å². The van der Waals surface area contributed by atoms with Crippen molar-refractivity contribution in [3.8, 4) is 0 Å². The molecule has 0 saturated heterocycles. The number of aromatic nitrogens is 1. The van der Waals surface area contributed by atoms with Gasteiger partial charge in [0.05, 0.1) is 5.69 Å². The van der Waals surface area contributed by atoms with Crippen LogP contribution in [0.2, 0.25) is 0 Å². The zero-order valence-electron chi connectivity index (χ0n) is 14.5. The van der Waals surface area contributed by atoms with E-state index in [1.807, 2.05) is 28.8 Å². The van der Waals surface area contributed by atoms with Crippen molar-refractivity contribution in [3.63, 3.8) is 0 Å². The van der Waals surface area contributed by atoms with Gasteiger partial charge in [0.25, 0.3) is 5.91 Å². The Morgan fingerprint density at radius 1 is 1.15 bits per heavy atom. The Balaban J connectivity index is 1.56. The fourth-order valence-electron chi connectivity index (χ4n) is 3.80. The Kier molecular flexibility index (Phi) is 4.21. The molecule has 0 saturated carbocycles. The normalized spacial score (nSPS) is 13.6. The fourth-order valence-corrected chi connectivity index (χ4v) is 3.80. The zero-order valence-corrected chi connectivity index (χ0v) is 14.5. The summed E-state index contributed by atoms with van der Waals surface area (Å²) in [6.07, 6.45) is 5.07. The Morgan fingerprint density at radius 2 is 2.04 bits per heavy atom. The van der Waals surface area contributed by atoms with Crippen LogP contribution in [0.3, 0.4) is 0 Å². The van der Waals surface area contributed by atoms with Gasteiger partial charge in [-0.3, -0.25) is 9.59 Å². The van der Waals surface area contributed by atoms with Crippen LogP contribution >= 0.6 is 0 Å². The predicted molar refractivity (Wildman–Crippen MR) is 102 cm³/mol. The van der Waals surface area contributed by atoms with Crippen LogP contribution < -0.4 is 11.1 Å². The molecule has 1 amide bonds. The van der Waals surface area contributed by atoms with Crippen molar-refractivity contribution in [2.24, 2.45) is 0 Å². The minimum atomic E-state index is -0.134. The second kappa shape index (κ2) is 6.67. The van der Waals surface area contributed by atoms with Crippen molar-refractivity contribution >= 4 is 22.9 Å². The van der Waals surface area contributed by atoms with E-state index in [4.69, 9.17) is 5.73 Å². The maximum Gasteiger partial charge on any atom is 0.251 e. The zero-order chi connectivity index (χ0) is 18.1. The summed E-state index contributed by atoms with van der Waals surface area (Å²) in [5, 5.41) is 2.96. The third-order valence-electron chi connectivity index (χ3n) is 4.96. The number of rotatable bonds is 4. The number of hydrogen-bond donors (Lipinski definition) is 2. The van der Waals surface area contributed by atoms with Crippen LogP contribution in [0.5, 0.6) is 0 Å². The van der Waals surface area contributed by atoms with Crippen molar-refractivity contribution < 1.29 is 9.59 Å². The summed E-state index contributed by atoms with van der Waals surface area (Å²) in [5.74, 6) is 0.0771. The highest BCUT2D eigenvalue weighted by atomic mass is 16.1. The number of nitrogens with zero attached hydrogens (tertiary/aromatic N) is 1. The van der Waals surface area contributed by atoms with Gasteiger partial charge >= 0.3 is 0 Å². The van der Waals surface area contributed by atoms with Crippen LogP contribution in [-0.4, -0.2) is 22.6 Å². The number of carbonyl (C=O) groups excluding carboxylic acids is 2. The summed E-state index contributed by atoms with van der Waals surface area (Å²) in [6, 6.07) is 12.9. The molecule has 0 aliphatic heterocycles. The van der Waals surface area contributed by atoms with Gasteiger partial charge in [-0.2, -0.15) is 0 Å². The third kappa shape index (κ3) is 2.86. The summed E-state index contributed by atoms with van der Waals surface area (Å²) in [6.45, 7) is 0.517. The molecule has 2 aromatic heterocycles. The first kappa shape index (κ1) is 16.4. The number of fused-ring (bicyclic) bond motifs is 3. The summed E-state index contributed by atoms with van der Waals surface area (Å²) < 4.78 is 2.01. The van der Waals surface area contributed by atoms with Gasteiger partial charge in [-0.15, -0.1) is 0 Å². The molecular weight excluding hydrogens is 326 g/mol. The van der Waals surface area contributed by atoms with Gasteiger partial charge < -0.3 is 15.5 Å². The predicted octanol–water partition coefficient (Wildman–Crippen LogP) is 3.01. The van der Waals surface area contributed by atoms with E-state index in [0.717, 1.165) is 29.6 Å². The Hall–Kier alpha value is -3.08. The summed E-state index contributed by atoms with van der Waals surface area (Å²) >= 11 is 0. The van der Waals surface area contributed by atoms with E-state index in [0.29, 0.717) is 30.6 Å². The topological polar surface area (TPSA) is 76.6 Å². The quantitative estimate of drug-likeness (QED) is 0.712. The SMILES string of the molecule is Nc1cccc(C(=O)NCCc2c3c(n4ccccc24)C(=O)CCC3)c1. The number of nitrogens with two attached hydrogens (primary N) is 1. The maximum absolute atomic E-state index is 12.4. The molecule has 1 aromatic carbocycles. The van der Waals surface area contributed by atoms with Crippen LogP contribution in [0.4, 0.5) is 5.69 Å². The van der Waals surface area contributed by atoms with Crippen molar-refractivity contribution in [2.75, 3.05) is 12.3 Å². The molecular formula is C21H21N3O2. The first-order chi connectivity index (χ1) is 12.6. The first-order valence-corrected chi connectivity index (χ1v) is 8.93. The lowest BCUT2D eigenvalue weighted by atomic mass is 9.92. The fraction of sp³-hybridized carbons (Fsp3) is 0.238. The van der Waals surface area contributed by atoms with E-state index in [1.54, 1.807) is 24.3 Å². The number of carbonyl (C=O) groups is 2. The van der Waals surface area contributed by atoms with Crippen LogP contribution in [0.1, 0.15) is 44.8 Å². The molecule has 1 aliphatic rings. The highest BCUT2D eigenvalue weighted by Crippen LogP contribution is 2.30. The van der Waals surface area contributed by atoms with Crippen molar-refractivity contribution in [1.82, 2.24) is 9.72 Å². The van der Waals surface area contributed by atoms with Gasteiger partial charge in [0.15, 0.2) is 5.78 Å². The van der Waals surface area contributed by atoms with Gasteiger partial charge in [-0.1, -0.05) is 12.1 Å². The minimum Gasteiger partial charge on any atom is -0.399 e. The molecule has 0 fully saturated rings. The van der Waals surface area contributed by atoms with Crippen molar-refractivity contribution in [3.05, 3.63) is 71.0 Å². The molecule has 2 heterocycles. The molecule has 132 valence electrons. The van der Waals surface area contributed by atoms with Gasteiger partial charge in [0, 0.05) is 35.9 Å². The van der Waals surface area contributed by atoms with Gasteiger partial charge in [-0.05, 0) is 60.7 Å². The van der Waals surface area contributed by atoms with Crippen LogP contribution in [0.15, 0.2) is 48.7 Å². The van der Waals surface area contributed by atoms with Crippen LogP contribution in [-0.2, 0) is 12.8 Å². The summed E-state index contributed by atoms with van der Waals surface area (Å²) in [4.78, 5) is 24.7. The molecule has 0 radical (unpaired) electrons. The number of hydrogen-bond acceptors (Lipinski definition) is 3. The molecule has 5 nitrogen and oxygen atoms in total. The van der Waals surface area contributed by atoms with Crippen molar-refractivity contribution in [2.45, 2.75) is 25.7 Å². The largest absolute Gasteiger partial charge is 0.399 e. The number of amides is 1. The average molecular weight is 347 g/mol. The lowest BCUT2D eigenvalue weighted by Crippen LogP contribution is -2.26. The Labute approximate surface area is 151 Å². The monoisotopic (exact) mass is 347 g/mol. The molecule has 0 spiro atoms. The standard InChI is InChI=1S/C21H21N3O2/c22-15-6-3-5-14(13-15)21(26)23-11-10-16-17-7-4-9-19(25)20(17)24-12-2-1-8-18(16)24/h1-3,5-6,8,12-13H,4,7,9-11,22H2,(H,23,26). The third-order valence-corrected chi connectivity index (χ3v) is 4.96. The average Bonchev–Trinajstić information content (AvgIpc) is 2.97. The van der Waals surface area contributed by atoms with Gasteiger partial charge in [0.2, 0.25) is 0 Å². The minimum absolute atomic E-state index is 0.134. The smallest absolute Gasteiger partial charge is 0.251 e. The number of anilines is 1. The lowest BCUT2D eigenvalue weighted by molar-refractivity contribution is 0.0949. The number of Topliss-reactive ketones (excluding diaryl/α,β-unsaturated/α-hetero) is 1. The molecule has 26 heavy (non-hydrogen) atoms. The van der Waals surface area contributed by atoms with Gasteiger partial charge in [0.1, 0.15) is 0 Å². The van der Waals surface area contributed by atoms with Gasteiger partial charge in [-0.25, -0.2) is 0 Å². The molecule has 3 aromatic rings. The molecule has 3 N–H and O–H groups in total. The molecule has 4 rings (SSSR count). The maximum atomic E-state index is 12.4. The number of ketones is 1. The van der Waals surface area contributed by atoms with E-state index >= 15 is 0 Å². The second-order valence-electron chi connectivity index (χ2n) is 6.67. The number of benzene rings is 1. The highest BCUT2D eigenvalue weighted by molar-refractivity contribution is 5.99. The van der Waals surface area contributed by atoms with E-state index in [9.17, 15) is 9.59 Å². The number of nitrogen functional groups attached to an aromatic ring is 1. The van der Waals surface area contributed by atoms with Crippen LogP contribution in [0, 0.1) is 0 Å². The second-order valence-corrected chi connectivity index (χ2v) is 6.67. The van der Waals surface area contributed by atoms with E-state index in [1.165, 1.54) is 5.56 Å². The lowest BCUT2D eigenvalue weighted by Gasteiger charge is -2.12. The Bertz CT molecular complexity index is 1000. The summed E-state index contributed by atoms with van der Waals surface area (Å²) in [7, 11) is 0. The highest BCUT2D eigenvalue weighted by Gasteiger charge is 2.25. The van der Waals surface area contributed by atoms with E-state index in [-0.39, 0.29) is 11.7 Å². The molecule has 5 heteroatoms. The van der Waals surface area contributed by atoms with Crippen molar-refractivity contribution in [1.29, 1.82) is 0 Å². The molecule has 0 bridgehead atoms. The van der Waals surface area contributed by atoms with E-state index < -0.39 is 0 Å². The Morgan fingerprint density at radius 3 is 2.88 bits per heavy atom. The molecule has 0 unspecified atom stereocenters. The summed E-state index contributed by atoms with van der Waals surface area (Å²) in [5.41, 5.74) is 11.1. The number of pyridine rings is 1. The number of nitrogens with one attached hydrogen (secondary N) is 1. The van der Waals surface area contributed by atoms with E-state index in [2.05, 4.69) is 5.32 Å². The first-order valence-electron chi connectivity index (χ1n) is 8.93. The molecule has 0 atom stereocenters. The molecule has 1 aliphatic carbocycles.